The molecule has 0 bridgehead atoms. The van der Waals surface area contributed by atoms with E-state index in [1.165, 1.54) is 0 Å². The third-order valence-corrected chi connectivity index (χ3v) is 4.21. The van der Waals surface area contributed by atoms with Crippen molar-refractivity contribution in [3.05, 3.63) is 59.7 Å². The van der Waals surface area contributed by atoms with E-state index in [1.807, 2.05) is 43.3 Å². The van der Waals surface area contributed by atoms with Crippen molar-refractivity contribution in [2.45, 2.75) is 19.8 Å². The molecule has 0 saturated heterocycles. The summed E-state index contributed by atoms with van der Waals surface area (Å²) in [7, 11) is 5.72. The number of carbonyl (C=O) groups excluding carboxylic acids is 2. The summed E-state index contributed by atoms with van der Waals surface area (Å²) < 4.78 is 0. The quantitative estimate of drug-likeness (QED) is 0.822. The molecule has 138 valence electrons. The first-order valence-corrected chi connectivity index (χ1v) is 8.86. The Morgan fingerprint density at radius 1 is 0.962 bits per heavy atom. The Labute approximate surface area is 155 Å². The molecule has 0 atom stereocenters. The Kier molecular flexibility index (Phi) is 6.78. The van der Waals surface area contributed by atoms with Crippen LogP contribution in [0.5, 0.6) is 0 Å². The first-order valence-electron chi connectivity index (χ1n) is 8.86. The topological polar surface area (TPSA) is 52.7 Å². The Morgan fingerprint density at radius 2 is 1.62 bits per heavy atom. The molecule has 26 heavy (non-hydrogen) atoms. The van der Waals surface area contributed by atoms with Gasteiger partial charge in [-0.05, 0) is 48.9 Å². The molecule has 5 nitrogen and oxygen atoms in total. The van der Waals surface area contributed by atoms with E-state index in [0.717, 1.165) is 24.2 Å². The summed E-state index contributed by atoms with van der Waals surface area (Å²) in [5.41, 5.74) is 2.78. The van der Waals surface area contributed by atoms with Gasteiger partial charge in [0.05, 0.1) is 0 Å². The maximum Gasteiger partial charge on any atom is 0.255 e. The maximum absolute atomic E-state index is 12.5. The summed E-state index contributed by atoms with van der Waals surface area (Å²) in [6.07, 6.45) is 2.00. The third-order valence-electron chi connectivity index (χ3n) is 4.21. The zero-order valence-corrected chi connectivity index (χ0v) is 16.0. The van der Waals surface area contributed by atoms with E-state index >= 15 is 0 Å². The molecule has 0 spiro atoms. The Morgan fingerprint density at radius 3 is 2.23 bits per heavy atom. The first kappa shape index (κ1) is 19.5. The van der Waals surface area contributed by atoms with E-state index in [-0.39, 0.29) is 11.8 Å². The van der Waals surface area contributed by atoms with E-state index < -0.39 is 0 Å². The van der Waals surface area contributed by atoms with Gasteiger partial charge in [0.2, 0.25) is 0 Å². The lowest BCUT2D eigenvalue weighted by molar-refractivity contribution is 0.0793. The molecule has 0 saturated carbocycles. The molecule has 0 aromatic heterocycles. The van der Waals surface area contributed by atoms with Crippen molar-refractivity contribution in [2.24, 2.45) is 0 Å². The lowest BCUT2D eigenvalue weighted by Crippen LogP contribution is -2.28. The zero-order valence-electron chi connectivity index (χ0n) is 16.0. The number of amides is 2. The Balaban J connectivity index is 2.08. The zero-order chi connectivity index (χ0) is 19.1. The van der Waals surface area contributed by atoms with Crippen LogP contribution in [-0.2, 0) is 0 Å². The van der Waals surface area contributed by atoms with Gasteiger partial charge in [0.15, 0.2) is 0 Å². The Hall–Kier alpha value is -2.82. The number of anilines is 2. The number of hydrogen-bond donors (Lipinski definition) is 1. The van der Waals surface area contributed by atoms with Crippen LogP contribution in [0.2, 0.25) is 0 Å². The fraction of sp³-hybridized carbons (Fsp3) is 0.333. The average Bonchev–Trinajstić information content (AvgIpc) is 2.66. The lowest BCUT2D eigenvalue weighted by Gasteiger charge is -2.17. The molecule has 1 N–H and O–H groups in total. The highest BCUT2D eigenvalue weighted by molar-refractivity contribution is 6.06. The highest BCUT2D eigenvalue weighted by atomic mass is 16.2. The number of unbranched alkanes of at least 4 members (excludes halogenated alkanes) is 1. The molecule has 2 aromatic rings. The highest BCUT2D eigenvalue weighted by Gasteiger charge is 2.14. The van der Waals surface area contributed by atoms with E-state index in [9.17, 15) is 9.59 Å². The van der Waals surface area contributed by atoms with Crippen LogP contribution < -0.4 is 10.2 Å². The molecule has 0 fully saturated rings. The van der Waals surface area contributed by atoms with E-state index in [0.29, 0.717) is 17.7 Å². The standard InChI is InChI=1S/C21H27N3O2/c1-5-6-14-24(4)21(26)17-9-7-8-16(15-17)20(25)22-18-10-12-19(13-11-18)23(2)3/h7-13,15H,5-6,14H2,1-4H3,(H,22,25). The summed E-state index contributed by atoms with van der Waals surface area (Å²) in [4.78, 5) is 28.7. The molecule has 0 unspecified atom stereocenters. The minimum atomic E-state index is -0.228. The van der Waals surface area contributed by atoms with Crippen LogP contribution in [0, 0.1) is 0 Å². The van der Waals surface area contributed by atoms with Gasteiger partial charge in [-0.15, -0.1) is 0 Å². The SMILES string of the molecule is CCCCN(C)C(=O)c1cccc(C(=O)Nc2ccc(N(C)C)cc2)c1. The Bertz CT molecular complexity index is 754. The van der Waals surface area contributed by atoms with Crippen LogP contribution in [0.1, 0.15) is 40.5 Å². The molecule has 0 radical (unpaired) electrons. The van der Waals surface area contributed by atoms with Crippen molar-refractivity contribution >= 4 is 23.2 Å². The van der Waals surface area contributed by atoms with Crippen LogP contribution in [0.4, 0.5) is 11.4 Å². The summed E-state index contributed by atoms with van der Waals surface area (Å²) in [6.45, 7) is 2.80. The molecule has 2 rings (SSSR count). The van der Waals surface area contributed by atoms with Crippen LogP contribution in [0.3, 0.4) is 0 Å². The molecule has 0 aliphatic carbocycles. The molecular formula is C21H27N3O2. The second kappa shape index (κ2) is 9.04. The fourth-order valence-electron chi connectivity index (χ4n) is 2.56. The maximum atomic E-state index is 12.5. The lowest BCUT2D eigenvalue weighted by atomic mass is 10.1. The first-order chi connectivity index (χ1) is 12.4. The summed E-state index contributed by atoms with van der Waals surface area (Å²) >= 11 is 0. The van der Waals surface area contributed by atoms with Crippen LogP contribution in [-0.4, -0.2) is 44.4 Å². The molecule has 2 amide bonds. The molecule has 0 heterocycles. The van der Waals surface area contributed by atoms with Gasteiger partial charge in [-0.25, -0.2) is 0 Å². The minimum absolute atomic E-state index is 0.0663. The van der Waals surface area contributed by atoms with Crippen molar-refractivity contribution in [3.8, 4) is 0 Å². The smallest absolute Gasteiger partial charge is 0.255 e. The number of nitrogens with one attached hydrogen (secondary N) is 1. The van der Waals surface area contributed by atoms with Crippen molar-refractivity contribution in [2.75, 3.05) is 37.9 Å². The van der Waals surface area contributed by atoms with E-state index in [2.05, 4.69) is 12.2 Å². The minimum Gasteiger partial charge on any atom is -0.378 e. The fourth-order valence-corrected chi connectivity index (χ4v) is 2.56. The third kappa shape index (κ3) is 5.09. The summed E-state index contributed by atoms with van der Waals surface area (Å²) in [5.74, 6) is -0.295. The van der Waals surface area contributed by atoms with Gasteiger partial charge in [0.25, 0.3) is 11.8 Å². The molecule has 0 aliphatic rings. The van der Waals surface area contributed by atoms with E-state index in [1.54, 1.807) is 36.2 Å². The number of rotatable bonds is 7. The van der Waals surface area contributed by atoms with Crippen molar-refractivity contribution in [3.63, 3.8) is 0 Å². The van der Waals surface area contributed by atoms with Gasteiger partial charge in [-0.1, -0.05) is 19.4 Å². The van der Waals surface area contributed by atoms with Gasteiger partial charge in [-0.2, -0.15) is 0 Å². The van der Waals surface area contributed by atoms with Gasteiger partial charge in [-0.3, -0.25) is 9.59 Å². The molecule has 5 heteroatoms. The largest absolute Gasteiger partial charge is 0.378 e. The van der Waals surface area contributed by atoms with Gasteiger partial charge in [0, 0.05) is 50.2 Å². The molecular weight excluding hydrogens is 326 g/mol. The van der Waals surface area contributed by atoms with E-state index in [4.69, 9.17) is 0 Å². The van der Waals surface area contributed by atoms with Crippen LogP contribution >= 0.6 is 0 Å². The predicted molar refractivity (Wildman–Crippen MR) is 107 cm³/mol. The highest BCUT2D eigenvalue weighted by Crippen LogP contribution is 2.17. The number of carbonyl (C=O) groups is 2. The predicted octanol–water partition coefficient (Wildman–Crippen LogP) is 3.88. The number of benzene rings is 2. The normalized spacial score (nSPS) is 10.3. The van der Waals surface area contributed by atoms with Gasteiger partial charge in [0.1, 0.15) is 0 Å². The summed E-state index contributed by atoms with van der Waals surface area (Å²) in [5, 5.41) is 2.87. The van der Waals surface area contributed by atoms with Crippen LogP contribution in [0.15, 0.2) is 48.5 Å². The van der Waals surface area contributed by atoms with Crippen molar-refractivity contribution in [1.29, 1.82) is 0 Å². The summed E-state index contributed by atoms with van der Waals surface area (Å²) in [6, 6.07) is 14.5. The average molecular weight is 353 g/mol. The second-order valence-electron chi connectivity index (χ2n) is 6.56. The number of hydrogen-bond acceptors (Lipinski definition) is 3. The molecule has 0 aliphatic heterocycles. The van der Waals surface area contributed by atoms with Crippen molar-refractivity contribution < 1.29 is 9.59 Å². The second-order valence-corrected chi connectivity index (χ2v) is 6.56. The monoisotopic (exact) mass is 353 g/mol. The van der Waals surface area contributed by atoms with Gasteiger partial charge >= 0.3 is 0 Å². The van der Waals surface area contributed by atoms with Gasteiger partial charge < -0.3 is 15.1 Å². The van der Waals surface area contributed by atoms with Crippen molar-refractivity contribution in [1.82, 2.24) is 4.90 Å². The number of nitrogens with zero attached hydrogens (tertiary/aromatic N) is 2. The van der Waals surface area contributed by atoms with Crippen LogP contribution in [0.25, 0.3) is 0 Å². The molecule has 2 aromatic carbocycles.